The molecule has 1 N–H and O–H groups in total. The summed E-state index contributed by atoms with van der Waals surface area (Å²) in [6.07, 6.45) is 7.24. The van der Waals surface area contributed by atoms with Crippen molar-refractivity contribution in [2.45, 2.75) is 51.0 Å². The lowest BCUT2D eigenvalue weighted by atomic mass is 9.83. The van der Waals surface area contributed by atoms with Crippen LogP contribution in [0.1, 0.15) is 50.2 Å². The lowest BCUT2D eigenvalue weighted by Gasteiger charge is -2.30. The van der Waals surface area contributed by atoms with Crippen molar-refractivity contribution in [1.29, 1.82) is 0 Å². The second-order valence-corrected chi connectivity index (χ2v) is 8.74. The van der Waals surface area contributed by atoms with Gasteiger partial charge in [0.1, 0.15) is 6.54 Å². The van der Waals surface area contributed by atoms with E-state index in [2.05, 4.69) is 11.4 Å². The first-order valence-corrected chi connectivity index (χ1v) is 11.8. The zero-order valence-electron chi connectivity index (χ0n) is 19.1. The molecule has 2 aliphatic rings. The van der Waals surface area contributed by atoms with Crippen LogP contribution in [0.25, 0.3) is 0 Å². The molecule has 1 atom stereocenters. The molecule has 1 aliphatic heterocycles. The molecule has 6 nitrogen and oxygen atoms in total. The summed E-state index contributed by atoms with van der Waals surface area (Å²) in [5, 5.41) is 2.94. The zero-order chi connectivity index (χ0) is 23.3. The molecule has 172 valence electrons. The Morgan fingerprint density at radius 2 is 1.73 bits per heavy atom. The zero-order valence-corrected chi connectivity index (χ0v) is 19.1. The first-order valence-electron chi connectivity index (χ1n) is 11.8. The predicted molar refractivity (Wildman–Crippen MR) is 127 cm³/mol. The standard InChI is InChI=1S/C27H31N3O3/c1-2-18-29(23-16-10-5-11-17-23)24(31)20-30-25(32)27(28-26(30)33,22-14-8-4-9-15-22)19-21-12-6-3-7-13-21/h3-4,6-9,12-16H,2,5,10-11,17-20H2,1H3,(H,28,33). The molecule has 4 amide bonds. The van der Waals surface area contributed by atoms with Gasteiger partial charge in [-0.1, -0.05) is 73.7 Å². The van der Waals surface area contributed by atoms with Gasteiger partial charge in [-0.2, -0.15) is 0 Å². The minimum Gasteiger partial charge on any atom is -0.319 e. The number of amides is 4. The van der Waals surface area contributed by atoms with E-state index in [-0.39, 0.29) is 18.4 Å². The Hall–Kier alpha value is -3.41. The van der Waals surface area contributed by atoms with E-state index >= 15 is 0 Å². The second kappa shape index (κ2) is 10.0. The van der Waals surface area contributed by atoms with Gasteiger partial charge >= 0.3 is 6.03 Å². The van der Waals surface area contributed by atoms with Crippen molar-refractivity contribution in [3.05, 3.63) is 83.6 Å². The minimum absolute atomic E-state index is 0.211. The maximum Gasteiger partial charge on any atom is 0.325 e. The molecule has 0 radical (unpaired) electrons. The Bertz CT molecular complexity index is 1040. The third-order valence-corrected chi connectivity index (χ3v) is 6.41. The number of allylic oxidation sites excluding steroid dienone is 2. The van der Waals surface area contributed by atoms with Crippen LogP contribution in [0.2, 0.25) is 0 Å². The van der Waals surface area contributed by atoms with Gasteiger partial charge in [-0.25, -0.2) is 4.79 Å². The lowest BCUT2D eigenvalue weighted by molar-refractivity contribution is -0.138. The van der Waals surface area contributed by atoms with Gasteiger partial charge in [-0.15, -0.1) is 0 Å². The van der Waals surface area contributed by atoms with E-state index in [4.69, 9.17) is 0 Å². The van der Waals surface area contributed by atoms with Gasteiger partial charge in [0.25, 0.3) is 5.91 Å². The number of urea groups is 1. The smallest absolute Gasteiger partial charge is 0.319 e. The van der Waals surface area contributed by atoms with Crippen LogP contribution in [-0.4, -0.2) is 40.7 Å². The maximum absolute atomic E-state index is 13.8. The lowest BCUT2D eigenvalue weighted by Crippen LogP contribution is -2.47. The fourth-order valence-electron chi connectivity index (χ4n) is 4.75. The Labute approximate surface area is 195 Å². The van der Waals surface area contributed by atoms with Crippen molar-refractivity contribution >= 4 is 17.8 Å². The Morgan fingerprint density at radius 1 is 1.03 bits per heavy atom. The summed E-state index contributed by atoms with van der Waals surface area (Å²) in [6.45, 7) is 2.35. The number of imide groups is 1. The first-order chi connectivity index (χ1) is 16.0. The number of benzene rings is 2. The summed E-state index contributed by atoms with van der Waals surface area (Å²) in [6, 6.07) is 18.4. The molecule has 33 heavy (non-hydrogen) atoms. The summed E-state index contributed by atoms with van der Waals surface area (Å²) in [5.74, 6) is -0.595. The summed E-state index contributed by atoms with van der Waals surface area (Å²) >= 11 is 0. The SMILES string of the molecule is CCCN(C(=O)CN1C(=O)NC(Cc2ccccc2)(c2ccccc2)C1=O)C1=CCCCC1. The highest BCUT2D eigenvalue weighted by Gasteiger charge is 2.53. The van der Waals surface area contributed by atoms with Gasteiger partial charge in [0.05, 0.1) is 0 Å². The highest BCUT2D eigenvalue weighted by molar-refractivity contribution is 6.09. The van der Waals surface area contributed by atoms with Crippen molar-refractivity contribution in [1.82, 2.24) is 15.1 Å². The third kappa shape index (κ3) is 4.70. The number of rotatable bonds is 8. The van der Waals surface area contributed by atoms with Gasteiger partial charge < -0.3 is 10.2 Å². The van der Waals surface area contributed by atoms with Crippen LogP contribution in [0.3, 0.4) is 0 Å². The van der Waals surface area contributed by atoms with Crippen molar-refractivity contribution in [2.75, 3.05) is 13.1 Å². The summed E-state index contributed by atoms with van der Waals surface area (Å²) in [4.78, 5) is 43.0. The van der Waals surface area contributed by atoms with Crippen LogP contribution in [0.5, 0.6) is 0 Å². The van der Waals surface area contributed by atoms with E-state index in [9.17, 15) is 14.4 Å². The summed E-state index contributed by atoms with van der Waals surface area (Å²) in [7, 11) is 0. The minimum atomic E-state index is -1.24. The van der Waals surface area contributed by atoms with Crippen molar-refractivity contribution in [2.24, 2.45) is 0 Å². The number of nitrogens with zero attached hydrogens (tertiary/aromatic N) is 2. The van der Waals surface area contributed by atoms with Gasteiger partial charge in [-0.3, -0.25) is 14.5 Å². The molecule has 2 aromatic carbocycles. The molecule has 1 heterocycles. The van der Waals surface area contributed by atoms with Gasteiger partial charge in [0.15, 0.2) is 5.54 Å². The molecule has 1 aliphatic carbocycles. The first kappa shape index (κ1) is 22.8. The van der Waals surface area contributed by atoms with E-state index in [0.29, 0.717) is 18.5 Å². The Balaban J connectivity index is 1.62. The molecule has 6 heteroatoms. The van der Waals surface area contributed by atoms with Gasteiger partial charge in [-0.05, 0) is 43.2 Å². The van der Waals surface area contributed by atoms with Gasteiger partial charge in [0.2, 0.25) is 5.91 Å². The summed E-state index contributed by atoms with van der Waals surface area (Å²) < 4.78 is 0. The van der Waals surface area contributed by atoms with Gasteiger partial charge in [0, 0.05) is 18.7 Å². The predicted octanol–water partition coefficient (Wildman–Crippen LogP) is 4.37. The molecular formula is C27H31N3O3. The van der Waals surface area contributed by atoms with Crippen LogP contribution in [0.4, 0.5) is 4.79 Å². The monoisotopic (exact) mass is 445 g/mol. The topological polar surface area (TPSA) is 69.7 Å². The third-order valence-electron chi connectivity index (χ3n) is 6.41. The largest absolute Gasteiger partial charge is 0.325 e. The van der Waals surface area contributed by atoms with Crippen LogP contribution in [-0.2, 0) is 21.5 Å². The van der Waals surface area contributed by atoms with E-state index < -0.39 is 11.6 Å². The highest BCUT2D eigenvalue weighted by atomic mass is 16.2. The molecule has 1 saturated heterocycles. The fraction of sp³-hybridized carbons (Fsp3) is 0.370. The molecule has 0 aromatic heterocycles. The average molecular weight is 446 g/mol. The normalized spacial score (nSPS) is 20.4. The average Bonchev–Trinajstić information content (AvgIpc) is 3.09. The summed E-state index contributed by atoms with van der Waals surface area (Å²) in [5.41, 5.74) is 1.42. The van der Waals surface area contributed by atoms with E-state index in [1.807, 2.05) is 67.6 Å². The quantitative estimate of drug-likeness (QED) is 0.614. The number of hydrogen-bond acceptors (Lipinski definition) is 3. The highest BCUT2D eigenvalue weighted by Crippen LogP contribution is 2.33. The van der Waals surface area contributed by atoms with Crippen molar-refractivity contribution in [3.8, 4) is 0 Å². The van der Waals surface area contributed by atoms with Crippen LogP contribution in [0, 0.1) is 0 Å². The van der Waals surface area contributed by atoms with Crippen LogP contribution in [0.15, 0.2) is 72.4 Å². The number of carbonyl (C=O) groups is 3. The Kier molecular flexibility index (Phi) is 6.92. The molecular weight excluding hydrogens is 414 g/mol. The molecule has 1 fully saturated rings. The fourth-order valence-corrected chi connectivity index (χ4v) is 4.75. The maximum atomic E-state index is 13.8. The molecule has 0 bridgehead atoms. The molecule has 4 rings (SSSR count). The van der Waals surface area contributed by atoms with E-state index in [0.717, 1.165) is 48.3 Å². The molecule has 0 spiro atoms. The van der Waals surface area contributed by atoms with Crippen molar-refractivity contribution in [3.63, 3.8) is 0 Å². The van der Waals surface area contributed by atoms with E-state index in [1.165, 1.54) is 0 Å². The number of nitrogens with one attached hydrogen (secondary N) is 1. The number of carbonyl (C=O) groups excluding carboxylic acids is 3. The number of hydrogen-bond donors (Lipinski definition) is 1. The Morgan fingerprint density at radius 3 is 2.36 bits per heavy atom. The van der Waals surface area contributed by atoms with Crippen LogP contribution < -0.4 is 5.32 Å². The molecule has 2 aromatic rings. The molecule has 0 saturated carbocycles. The van der Waals surface area contributed by atoms with Crippen molar-refractivity contribution < 1.29 is 14.4 Å². The van der Waals surface area contributed by atoms with Crippen LogP contribution >= 0.6 is 0 Å². The molecule has 1 unspecified atom stereocenters. The second-order valence-electron chi connectivity index (χ2n) is 8.74. The van der Waals surface area contributed by atoms with E-state index in [1.54, 1.807) is 4.90 Å².